The van der Waals surface area contributed by atoms with Crippen molar-refractivity contribution in [2.75, 3.05) is 13.2 Å². The van der Waals surface area contributed by atoms with Crippen molar-refractivity contribution >= 4 is 28.6 Å². The lowest BCUT2D eigenvalue weighted by atomic mass is 10.0. The van der Waals surface area contributed by atoms with Crippen LogP contribution in [0.1, 0.15) is 24.1 Å². The van der Waals surface area contributed by atoms with Gasteiger partial charge in [-0.25, -0.2) is 13.3 Å². The highest BCUT2D eigenvalue weighted by Crippen LogP contribution is 2.37. The standard InChI is InChI=1S/C20H20ClNO3S/c1-3-25-20(23)17-12-13-22(19(17)15-8-10-16(21)11-9-15)26(24)18-7-5-4-6-14(18)2/h4-12,19H,3,13H2,1-2H3. The zero-order valence-corrected chi connectivity index (χ0v) is 16.2. The Morgan fingerprint density at radius 1 is 1.23 bits per heavy atom. The minimum Gasteiger partial charge on any atom is -0.463 e. The van der Waals surface area contributed by atoms with Crippen molar-refractivity contribution in [3.05, 3.63) is 76.3 Å². The molecule has 136 valence electrons. The van der Waals surface area contributed by atoms with Gasteiger partial charge in [-0.1, -0.05) is 48.0 Å². The largest absolute Gasteiger partial charge is 0.463 e. The Kier molecular flexibility index (Phi) is 5.91. The highest BCUT2D eigenvalue weighted by Gasteiger charge is 2.37. The number of carbonyl (C=O) groups excluding carboxylic acids is 1. The molecule has 2 aromatic carbocycles. The molecule has 0 radical (unpaired) electrons. The molecule has 2 aromatic rings. The molecule has 0 spiro atoms. The maximum absolute atomic E-state index is 13.3. The number of esters is 1. The lowest BCUT2D eigenvalue weighted by Gasteiger charge is -2.26. The minimum atomic E-state index is -1.41. The zero-order chi connectivity index (χ0) is 18.7. The van der Waals surface area contributed by atoms with Gasteiger partial charge >= 0.3 is 5.97 Å². The van der Waals surface area contributed by atoms with Crippen LogP contribution >= 0.6 is 11.6 Å². The Bertz CT molecular complexity index is 864. The maximum atomic E-state index is 13.3. The lowest BCUT2D eigenvalue weighted by Crippen LogP contribution is -2.29. The molecule has 3 rings (SSSR count). The van der Waals surface area contributed by atoms with Crippen molar-refractivity contribution in [3.8, 4) is 0 Å². The van der Waals surface area contributed by atoms with Crippen LogP contribution in [0, 0.1) is 6.92 Å². The molecule has 1 aliphatic heterocycles. The van der Waals surface area contributed by atoms with Crippen LogP contribution in [0.3, 0.4) is 0 Å². The van der Waals surface area contributed by atoms with Crippen LogP contribution < -0.4 is 0 Å². The third-order valence-electron chi connectivity index (χ3n) is 4.27. The van der Waals surface area contributed by atoms with Gasteiger partial charge in [0, 0.05) is 11.6 Å². The second kappa shape index (κ2) is 8.16. The Balaban J connectivity index is 1.99. The number of aryl methyl sites for hydroxylation is 1. The van der Waals surface area contributed by atoms with Crippen LogP contribution in [0.5, 0.6) is 0 Å². The van der Waals surface area contributed by atoms with Gasteiger partial charge in [0.1, 0.15) is 11.0 Å². The van der Waals surface area contributed by atoms with E-state index in [9.17, 15) is 9.00 Å². The van der Waals surface area contributed by atoms with Crippen LogP contribution in [0.25, 0.3) is 0 Å². The highest BCUT2D eigenvalue weighted by molar-refractivity contribution is 7.82. The summed E-state index contributed by atoms with van der Waals surface area (Å²) in [5.74, 6) is -0.378. The van der Waals surface area contributed by atoms with E-state index in [1.54, 1.807) is 29.4 Å². The van der Waals surface area contributed by atoms with Crippen molar-refractivity contribution < 1.29 is 13.7 Å². The number of benzene rings is 2. The van der Waals surface area contributed by atoms with Crippen molar-refractivity contribution in [1.82, 2.24) is 4.31 Å². The number of nitrogens with zero attached hydrogens (tertiary/aromatic N) is 1. The van der Waals surface area contributed by atoms with E-state index in [2.05, 4.69) is 0 Å². The van der Waals surface area contributed by atoms with Crippen molar-refractivity contribution in [1.29, 1.82) is 0 Å². The maximum Gasteiger partial charge on any atom is 0.335 e. The Morgan fingerprint density at radius 3 is 2.58 bits per heavy atom. The second-order valence-corrected chi connectivity index (χ2v) is 7.79. The number of halogens is 1. The van der Waals surface area contributed by atoms with Gasteiger partial charge in [-0.2, -0.15) is 0 Å². The first-order valence-corrected chi connectivity index (χ1v) is 9.88. The number of carbonyl (C=O) groups is 1. The van der Waals surface area contributed by atoms with E-state index in [4.69, 9.17) is 16.3 Å². The van der Waals surface area contributed by atoms with E-state index in [1.165, 1.54) is 0 Å². The van der Waals surface area contributed by atoms with E-state index in [0.717, 1.165) is 16.0 Å². The molecule has 26 heavy (non-hydrogen) atoms. The van der Waals surface area contributed by atoms with Crippen molar-refractivity contribution in [2.45, 2.75) is 24.8 Å². The monoisotopic (exact) mass is 389 g/mol. The summed E-state index contributed by atoms with van der Waals surface area (Å²) in [4.78, 5) is 13.2. The molecule has 0 N–H and O–H groups in total. The molecule has 2 unspecified atom stereocenters. The van der Waals surface area contributed by atoms with Gasteiger partial charge in [-0.05, 0) is 43.2 Å². The van der Waals surface area contributed by atoms with Crippen LogP contribution in [0.4, 0.5) is 0 Å². The summed E-state index contributed by atoms with van der Waals surface area (Å²) in [5.41, 5.74) is 2.31. The zero-order valence-electron chi connectivity index (χ0n) is 14.6. The third kappa shape index (κ3) is 3.75. The molecule has 0 aliphatic carbocycles. The summed E-state index contributed by atoms with van der Waals surface area (Å²) < 4.78 is 20.3. The van der Waals surface area contributed by atoms with E-state index in [0.29, 0.717) is 23.7 Å². The first-order chi connectivity index (χ1) is 12.5. The molecule has 6 heteroatoms. The SMILES string of the molecule is CCOC(=O)C1=CCN(S(=O)c2ccccc2C)C1c1ccc(Cl)cc1. The molecular weight excluding hydrogens is 370 g/mol. The Morgan fingerprint density at radius 2 is 1.92 bits per heavy atom. The Hall–Kier alpha value is -1.95. The number of rotatable bonds is 5. The highest BCUT2D eigenvalue weighted by atomic mass is 35.5. The van der Waals surface area contributed by atoms with Crippen LogP contribution in [-0.2, 0) is 20.5 Å². The summed E-state index contributed by atoms with van der Waals surface area (Å²) in [5, 5.41) is 0.611. The summed E-state index contributed by atoms with van der Waals surface area (Å²) >= 11 is 6.00. The van der Waals surface area contributed by atoms with Crippen LogP contribution in [0.2, 0.25) is 5.02 Å². The fraction of sp³-hybridized carbons (Fsp3) is 0.250. The first kappa shape index (κ1) is 18.8. The van der Waals surface area contributed by atoms with Gasteiger partial charge in [0.05, 0.1) is 23.1 Å². The summed E-state index contributed by atoms with van der Waals surface area (Å²) in [6.07, 6.45) is 1.80. The van der Waals surface area contributed by atoms with Crippen LogP contribution in [-0.4, -0.2) is 27.6 Å². The first-order valence-electron chi connectivity index (χ1n) is 8.39. The van der Waals surface area contributed by atoms with E-state index < -0.39 is 17.0 Å². The summed E-state index contributed by atoms with van der Waals surface area (Å²) in [6.45, 7) is 4.40. The normalized spacial score (nSPS) is 18.4. The molecule has 0 fully saturated rings. The van der Waals surface area contributed by atoms with Gasteiger partial charge in [-0.15, -0.1) is 0 Å². The Labute approximate surface area is 161 Å². The van der Waals surface area contributed by atoms with Gasteiger partial charge in [0.15, 0.2) is 0 Å². The molecular formula is C20H20ClNO3S. The predicted molar refractivity (Wildman–Crippen MR) is 103 cm³/mol. The van der Waals surface area contributed by atoms with Crippen molar-refractivity contribution in [3.63, 3.8) is 0 Å². The molecule has 1 heterocycles. The second-order valence-electron chi connectivity index (χ2n) is 5.95. The molecule has 2 atom stereocenters. The molecule has 0 bridgehead atoms. The fourth-order valence-electron chi connectivity index (χ4n) is 3.00. The molecule has 0 saturated carbocycles. The molecule has 0 saturated heterocycles. The minimum absolute atomic E-state index is 0.296. The van der Waals surface area contributed by atoms with E-state index >= 15 is 0 Å². The van der Waals surface area contributed by atoms with E-state index in [-0.39, 0.29) is 5.97 Å². The van der Waals surface area contributed by atoms with Crippen LogP contribution in [0.15, 0.2) is 65.1 Å². The van der Waals surface area contributed by atoms with Gasteiger partial charge in [-0.3, -0.25) is 0 Å². The van der Waals surface area contributed by atoms with E-state index in [1.807, 2.05) is 43.3 Å². The number of ether oxygens (including phenoxy) is 1. The molecule has 0 amide bonds. The lowest BCUT2D eigenvalue weighted by molar-refractivity contribution is -0.138. The van der Waals surface area contributed by atoms with Gasteiger partial charge < -0.3 is 4.74 Å². The average Bonchev–Trinajstić information content (AvgIpc) is 3.07. The van der Waals surface area contributed by atoms with Crippen molar-refractivity contribution in [2.24, 2.45) is 0 Å². The summed E-state index contributed by atoms with van der Waals surface area (Å²) in [7, 11) is -1.41. The topological polar surface area (TPSA) is 46.6 Å². The number of hydrogen-bond donors (Lipinski definition) is 0. The molecule has 4 nitrogen and oxygen atoms in total. The molecule has 1 aliphatic rings. The van der Waals surface area contributed by atoms with Gasteiger partial charge in [0.2, 0.25) is 0 Å². The number of hydrogen-bond acceptors (Lipinski definition) is 3. The third-order valence-corrected chi connectivity index (χ3v) is 6.14. The molecule has 0 aromatic heterocycles. The smallest absolute Gasteiger partial charge is 0.335 e. The predicted octanol–water partition coefficient (Wildman–Crippen LogP) is 4.22. The quantitative estimate of drug-likeness (QED) is 0.719. The fourth-order valence-corrected chi connectivity index (χ4v) is 4.56. The average molecular weight is 390 g/mol. The van der Waals surface area contributed by atoms with Gasteiger partial charge in [0.25, 0.3) is 0 Å². The summed E-state index contributed by atoms with van der Waals surface area (Å²) in [6, 6.07) is 14.4.